The van der Waals surface area contributed by atoms with Gasteiger partial charge in [0.1, 0.15) is 5.54 Å². The van der Waals surface area contributed by atoms with Gasteiger partial charge < -0.3 is 14.4 Å². The number of likely N-dealkylation sites (tertiary alicyclic amines) is 1. The van der Waals surface area contributed by atoms with Crippen LogP contribution < -0.4 is 9.47 Å². The summed E-state index contributed by atoms with van der Waals surface area (Å²) in [5.74, 6) is 1.46. The molecule has 0 atom stereocenters. The fraction of sp³-hybridized carbons (Fsp3) is 0.345. The topological polar surface area (TPSA) is 75.2 Å². The van der Waals surface area contributed by atoms with E-state index in [1.54, 1.807) is 6.20 Å². The van der Waals surface area contributed by atoms with Gasteiger partial charge in [0.2, 0.25) is 6.79 Å². The van der Waals surface area contributed by atoms with Crippen LogP contribution in [-0.4, -0.2) is 63.6 Å². The number of carbonyl (C=O) groups excluding carboxylic acids is 2. The Balaban J connectivity index is 1.20. The summed E-state index contributed by atoms with van der Waals surface area (Å²) in [7, 11) is 0. The van der Waals surface area contributed by atoms with Crippen molar-refractivity contribution in [2.75, 3.05) is 26.4 Å². The highest BCUT2D eigenvalue weighted by Crippen LogP contribution is 2.39. The van der Waals surface area contributed by atoms with E-state index in [9.17, 15) is 9.59 Å². The maximum absolute atomic E-state index is 13.9. The summed E-state index contributed by atoms with van der Waals surface area (Å²) >= 11 is 0. The molecule has 3 aliphatic rings. The Labute approximate surface area is 216 Å². The Hall–Kier alpha value is -3.91. The van der Waals surface area contributed by atoms with Crippen molar-refractivity contribution in [2.24, 2.45) is 0 Å². The van der Waals surface area contributed by atoms with E-state index in [-0.39, 0.29) is 25.3 Å². The Morgan fingerprint density at radius 2 is 1.62 bits per heavy atom. The second-order valence-electron chi connectivity index (χ2n) is 9.88. The van der Waals surface area contributed by atoms with E-state index >= 15 is 0 Å². The van der Waals surface area contributed by atoms with E-state index in [4.69, 9.17) is 9.47 Å². The van der Waals surface area contributed by atoms with Gasteiger partial charge in [-0.1, -0.05) is 42.5 Å². The molecule has 0 aliphatic carbocycles. The molecule has 190 valence electrons. The van der Waals surface area contributed by atoms with Gasteiger partial charge in [0, 0.05) is 32.4 Å². The van der Waals surface area contributed by atoms with Crippen LogP contribution in [0.15, 0.2) is 72.9 Å². The maximum atomic E-state index is 13.9. The van der Waals surface area contributed by atoms with Gasteiger partial charge in [-0.05, 0) is 54.7 Å². The van der Waals surface area contributed by atoms with Crippen molar-refractivity contribution in [3.05, 3.63) is 89.7 Å². The molecule has 4 heterocycles. The van der Waals surface area contributed by atoms with Gasteiger partial charge in [0.05, 0.1) is 12.2 Å². The third kappa shape index (κ3) is 4.53. The predicted octanol–water partition coefficient (Wildman–Crippen LogP) is 3.85. The van der Waals surface area contributed by atoms with Crippen LogP contribution in [0.3, 0.4) is 0 Å². The van der Waals surface area contributed by atoms with Gasteiger partial charge in [-0.3, -0.25) is 19.6 Å². The van der Waals surface area contributed by atoms with Crippen LogP contribution in [0.25, 0.3) is 0 Å². The number of hydrogen-bond donors (Lipinski definition) is 0. The summed E-state index contributed by atoms with van der Waals surface area (Å²) < 4.78 is 11.0. The smallest absolute Gasteiger partial charge is 0.328 e. The monoisotopic (exact) mass is 498 g/mol. The first-order valence-electron chi connectivity index (χ1n) is 12.8. The second kappa shape index (κ2) is 9.86. The number of nitrogens with zero attached hydrogens (tertiary/aromatic N) is 4. The van der Waals surface area contributed by atoms with E-state index in [0.717, 1.165) is 42.3 Å². The van der Waals surface area contributed by atoms with Crippen LogP contribution in [0.5, 0.6) is 11.5 Å². The summed E-state index contributed by atoms with van der Waals surface area (Å²) in [6.07, 6.45) is 3.61. The average Bonchev–Trinajstić information content (AvgIpc) is 3.47. The molecule has 8 heteroatoms. The standard InChI is InChI=1S/C29H30N4O4/c34-27-29(12-16-31(17-13-29)19-23-9-10-25-26(18-23)37-21-36-25)33(15-11-22-6-2-1-3-7-22)28(35)32(27)20-24-8-4-5-14-30-24/h1-10,14,18H,11-13,15-17,19-21H2. The molecule has 0 radical (unpaired) electrons. The number of fused-ring (bicyclic) bond motifs is 1. The molecule has 2 aromatic carbocycles. The molecular weight excluding hydrogens is 468 g/mol. The van der Waals surface area contributed by atoms with Crippen molar-refractivity contribution in [2.45, 2.75) is 37.9 Å². The number of benzene rings is 2. The van der Waals surface area contributed by atoms with Gasteiger partial charge in [-0.25, -0.2) is 4.79 Å². The molecule has 3 aromatic rings. The zero-order valence-electron chi connectivity index (χ0n) is 20.7. The fourth-order valence-electron chi connectivity index (χ4n) is 5.63. The van der Waals surface area contributed by atoms with Gasteiger partial charge in [-0.15, -0.1) is 0 Å². The van der Waals surface area contributed by atoms with Crippen molar-refractivity contribution >= 4 is 11.9 Å². The zero-order chi connectivity index (χ0) is 25.2. The Kier molecular flexibility index (Phi) is 6.26. The number of piperidine rings is 1. The van der Waals surface area contributed by atoms with Crippen LogP contribution in [0.4, 0.5) is 4.79 Å². The quantitative estimate of drug-likeness (QED) is 0.461. The number of urea groups is 1. The van der Waals surface area contributed by atoms with Crippen molar-refractivity contribution in [3.63, 3.8) is 0 Å². The van der Waals surface area contributed by atoms with Crippen molar-refractivity contribution in [1.82, 2.24) is 19.7 Å². The SMILES string of the molecule is O=C1N(Cc2ccccn2)C(=O)C2(CCN(Cc3ccc4c(c3)OCO4)CC2)N1CCc1ccccc1. The average molecular weight is 499 g/mol. The molecule has 8 nitrogen and oxygen atoms in total. The number of amides is 3. The number of carbonyl (C=O) groups is 2. The summed E-state index contributed by atoms with van der Waals surface area (Å²) in [4.78, 5) is 37.5. The minimum absolute atomic E-state index is 0.0982. The first kappa shape index (κ1) is 23.5. The number of pyridine rings is 1. The molecule has 37 heavy (non-hydrogen) atoms. The summed E-state index contributed by atoms with van der Waals surface area (Å²) in [6, 6.07) is 21.5. The third-order valence-electron chi connectivity index (χ3n) is 7.66. The van der Waals surface area contributed by atoms with Crippen molar-refractivity contribution in [3.8, 4) is 11.5 Å². The molecular formula is C29H30N4O4. The molecule has 3 amide bonds. The molecule has 2 fully saturated rings. The van der Waals surface area contributed by atoms with Crippen LogP contribution in [-0.2, 0) is 24.3 Å². The zero-order valence-corrected chi connectivity index (χ0v) is 20.7. The lowest BCUT2D eigenvalue weighted by molar-refractivity contribution is -0.136. The molecule has 0 saturated carbocycles. The van der Waals surface area contributed by atoms with Gasteiger partial charge in [0.25, 0.3) is 5.91 Å². The first-order valence-corrected chi connectivity index (χ1v) is 12.8. The fourth-order valence-corrected chi connectivity index (χ4v) is 5.63. The lowest BCUT2D eigenvalue weighted by atomic mass is 9.85. The summed E-state index contributed by atoms with van der Waals surface area (Å²) in [5, 5.41) is 0. The van der Waals surface area contributed by atoms with E-state index in [1.807, 2.05) is 53.4 Å². The Morgan fingerprint density at radius 3 is 2.41 bits per heavy atom. The Morgan fingerprint density at radius 1 is 0.838 bits per heavy atom. The lowest BCUT2D eigenvalue weighted by Crippen LogP contribution is -2.56. The van der Waals surface area contributed by atoms with E-state index in [2.05, 4.69) is 28.1 Å². The highest BCUT2D eigenvalue weighted by atomic mass is 16.7. The van der Waals surface area contributed by atoms with Gasteiger partial charge >= 0.3 is 6.03 Å². The van der Waals surface area contributed by atoms with Crippen LogP contribution in [0, 0.1) is 0 Å². The van der Waals surface area contributed by atoms with E-state index in [1.165, 1.54) is 4.90 Å². The molecule has 6 rings (SSSR count). The molecule has 0 bridgehead atoms. The van der Waals surface area contributed by atoms with Crippen LogP contribution >= 0.6 is 0 Å². The molecule has 1 spiro atoms. The summed E-state index contributed by atoms with van der Waals surface area (Å²) in [6.45, 7) is 3.18. The largest absolute Gasteiger partial charge is 0.454 e. The maximum Gasteiger partial charge on any atom is 0.328 e. The lowest BCUT2D eigenvalue weighted by Gasteiger charge is -2.42. The minimum atomic E-state index is -0.813. The third-order valence-corrected chi connectivity index (χ3v) is 7.66. The highest BCUT2D eigenvalue weighted by molar-refractivity contribution is 6.07. The molecule has 0 N–H and O–H groups in total. The molecule has 0 unspecified atom stereocenters. The van der Waals surface area contributed by atoms with Crippen molar-refractivity contribution in [1.29, 1.82) is 0 Å². The van der Waals surface area contributed by atoms with Gasteiger partial charge in [0.15, 0.2) is 11.5 Å². The van der Waals surface area contributed by atoms with Crippen LogP contribution in [0.1, 0.15) is 29.7 Å². The van der Waals surface area contributed by atoms with Crippen LogP contribution in [0.2, 0.25) is 0 Å². The van der Waals surface area contributed by atoms with E-state index in [0.29, 0.717) is 31.5 Å². The molecule has 3 aliphatic heterocycles. The normalized spacial score (nSPS) is 18.7. The Bertz CT molecular complexity index is 1280. The minimum Gasteiger partial charge on any atom is -0.454 e. The number of hydrogen-bond acceptors (Lipinski definition) is 6. The number of rotatable bonds is 7. The highest BCUT2D eigenvalue weighted by Gasteiger charge is 2.57. The van der Waals surface area contributed by atoms with E-state index < -0.39 is 5.54 Å². The predicted molar refractivity (Wildman–Crippen MR) is 137 cm³/mol. The first-order chi connectivity index (χ1) is 18.1. The summed E-state index contributed by atoms with van der Waals surface area (Å²) in [5.41, 5.74) is 2.20. The van der Waals surface area contributed by atoms with Gasteiger partial charge in [-0.2, -0.15) is 0 Å². The number of ether oxygens (including phenoxy) is 2. The number of aromatic nitrogens is 1. The molecule has 1 aromatic heterocycles. The van der Waals surface area contributed by atoms with Crippen molar-refractivity contribution < 1.29 is 19.1 Å². The molecule has 2 saturated heterocycles. The second-order valence-corrected chi connectivity index (χ2v) is 9.88. The number of imide groups is 1.